The van der Waals surface area contributed by atoms with Crippen LogP contribution in [0.4, 0.5) is 0 Å². The minimum absolute atomic E-state index is 0.582. The molecule has 25 heavy (non-hydrogen) atoms. The van der Waals surface area contributed by atoms with E-state index in [1.54, 1.807) is 11.8 Å². The van der Waals surface area contributed by atoms with Crippen LogP contribution in [0.25, 0.3) is 22.6 Å². The summed E-state index contributed by atoms with van der Waals surface area (Å²) >= 11 is 1.58. The number of thioether (sulfide) groups is 1. The quantitative estimate of drug-likeness (QED) is 0.499. The summed E-state index contributed by atoms with van der Waals surface area (Å²) in [6.07, 6.45) is 1.89. The predicted molar refractivity (Wildman–Crippen MR) is 97.9 cm³/mol. The van der Waals surface area contributed by atoms with Crippen LogP contribution in [-0.4, -0.2) is 19.7 Å². The summed E-state index contributed by atoms with van der Waals surface area (Å²) in [6.45, 7) is 0. The lowest BCUT2D eigenvalue weighted by Gasteiger charge is -2.04. The molecule has 4 rings (SSSR count). The maximum Gasteiger partial charge on any atom is 0.237 e. The first kappa shape index (κ1) is 15.7. The number of nitrogens with zero attached hydrogens (tertiary/aromatic N) is 4. The standard InChI is InChI=1S/C19H16N4OS/c1-23-16(14-8-4-2-5-9-14)12-20-19(23)25-13-17-21-18(22-24-17)15-10-6-3-7-11-15/h2-12H,13H2,1H3. The molecule has 0 bridgehead atoms. The molecule has 4 aromatic rings. The zero-order valence-electron chi connectivity index (χ0n) is 13.7. The summed E-state index contributed by atoms with van der Waals surface area (Å²) < 4.78 is 7.43. The molecular weight excluding hydrogens is 332 g/mol. The molecule has 0 saturated heterocycles. The minimum Gasteiger partial charge on any atom is -0.338 e. The molecule has 2 aromatic heterocycles. The molecule has 0 aliphatic carbocycles. The number of hydrogen-bond donors (Lipinski definition) is 0. The molecule has 0 saturated carbocycles. The van der Waals surface area contributed by atoms with Crippen LogP contribution in [0.1, 0.15) is 5.89 Å². The summed E-state index contributed by atoms with van der Waals surface area (Å²) in [7, 11) is 2.01. The normalized spacial score (nSPS) is 10.9. The smallest absolute Gasteiger partial charge is 0.237 e. The first-order valence-corrected chi connectivity index (χ1v) is 8.88. The molecule has 0 unspecified atom stereocenters. The third-order valence-corrected chi connectivity index (χ3v) is 4.87. The lowest BCUT2D eigenvalue weighted by Crippen LogP contribution is -1.94. The van der Waals surface area contributed by atoms with Crippen LogP contribution >= 0.6 is 11.8 Å². The number of imidazole rings is 1. The second-order valence-electron chi connectivity index (χ2n) is 5.52. The fraction of sp³-hybridized carbons (Fsp3) is 0.105. The fourth-order valence-corrected chi connectivity index (χ4v) is 3.34. The van der Waals surface area contributed by atoms with Crippen molar-refractivity contribution >= 4 is 11.8 Å². The molecule has 2 aromatic carbocycles. The molecule has 0 fully saturated rings. The summed E-state index contributed by atoms with van der Waals surface area (Å²) in [4.78, 5) is 8.96. The molecule has 6 heteroatoms. The number of benzene rings is 2. The van der Waals surface area contributed by atoms with Gasteiger partial charge in [-0.25, -0.2) is 4.98 Å². The third-order valence-electron chi connectivity index (χ3n) is 3.84. The van der Waals surface area contributed by atoms with Crippen molar-refractivity contribution in [3.63, 3.8) is 0 Å². The van der Waals surface area contributed by atoms with Gasteiger partial charge in [-0.1, -0.05) is 77.6 Å². The monoisotopic (exact) mass is 348 g/mol. The van der Waals surface area contributed by atoms with Crippen LogP contribution in [-0.2, 0) is 12.8 Å². The average molecular weight is 348 g/mol. The van der Waals surface area contributed by atoms with Crippen molar-refractivity contribution in [2.45, 2.75) is 10.9 Å². The highest BCUT2D eigenvalue weighted by atomic mass is 32.2. The maximum absolute atomic E-state index is 5.35. The first-order chi connectivity index (χ1) is 12.3. The second kappa shape index (κ2) is 6.94. The summed E-state index contributed by atoms with van der Waals surface area (Å²) in [5.41, 5.74) is 3.18. The van der Waals surface area contributed by atoms with Crippen LogP contribution in [0.3, 0.4) is 0 Å². The van der Waals surface area contributed by atoms with Crippen molar-refractivity contribution in [1.29, 1.82) is 0 Å². The molecular formula is C19H16N4OS. The molecule has 124 valence electrons. The molecule has 0 N–H and O–H groups in total. The van der Waals surface area contributed by atoms with Crippen LogP contribution < -0.4 is 0 Å². The van der Waals surface area contributed by atoms with Crippen LogP contribution in [0.5, 0.6) is 0 Å². The number of rotatable bonds is 5. The number of aromatic nitrogens is 4. The SMILES string of the molecule is Cn1c(-c2ccccc2)cnc1SCc1nc(-c2ccccc2)no1. The summed E-state index contributed by atoms with van der Waals surface area (Å²) in [5, 5.41) is 4.96. The summed E-state index contributed by atoms with van der Waals surface area (Å²) in [6, 6.07) is 20.0. The lowest BCUT2D eigenvalue weighted by molar-refractivity contribution is 0.391. The first-order valence-electron chi connectivity index (χ1n) is 7.89. The van der Waals surface area contributed by atoms with Crippen molar-refractivity contribution in [3.05, 3.63) is 72.8 Å². The molecule has 0 radical (unpaired) electrons. The largest absolute Gasteiger partial charge is 0.338 e. The Morgan fingerprint density at radius 3 is 2.36 bits per heavy atom. The Kier molecular flexibility index (Phi) is 4.35. The topological polar surface area (TPSA) is 56.7 Å². The van der Waals surface area contributed by atoms with Crippen molar-refractivity contribution in [1.82, 2.24) is 19.7 Å². The van der Waals surface area contributed by atoms with Gasteiger partial charge in [0.2, 0.25) is 11.7 Å². The van der Waals surface area contributed by atoms with Gasteiger partial charge in [0.1, 0.15) is 0 Å². The highest BCUT2D eigenvalue weighted by molar-refractivity contribution is 7.98. The molecule has 0 aliphatic rings. The van der Waals surface area contributed by atoms with Crippen LogP contribution in [0.15, 0.2) is 76.5 Å². The molecule has 2 heterocycles. The van der Waals surface area contributed by atoms with Crippen LogP contribution in [0, 0.1) is 0 Å². The highest BCUT2D eigenvalue weighted by Crippen LogP contribution is 2.27. The highest BCUT2D eigenvalue weighted by Gasteiger charge is 2.12. The van der Waals surface area contributed by atoms with Crippen molar-refractivity contribution in [3.8, 4) is 22.6 Å². The van der Waals surface area contributed by atoms with E-state index in [4.69, 9.17) is 4.52 Å². The zero-order chi connectivity index (χ0) is 17.1. The molecule has 0 spiro atoms. The van der Waals surface area contributed by atoms with Gasteiger partial charge >= 0.3 is 0 Å². The second-order valence-corrected chi connectivity index (χ2v) is 6.46. The Morgan fingerprint density at radius 1 is 0.960 bits per heavy atom. The van der Waals surface area contributed by atoms with Crippen molar-refractivity contribution < 1.29 is 4.52 Å². The van der Waals surface area contributed by atoms with E-state index >= 15 is 0 Å². The fourth-order valence-electron chi connectivity index (χ4n) is 2.55. The zero-order valence-corrected chi connectivity index (χ0v) is 14.5. The predicted octanol–water partition coefficient (Wildman–Crippen LogP) is 4.43. The third kappa shape index (κ3) is 3.34. The molecule has 0 atom stereocenters. The van der Waals surface area contributed by atoms with Gasteiger partial charge in [0, 0.05) is 12.6 Å². The van der Waals surface area contributed by atoms with E-state index in [0.29, 0.717) is 17.5 Å². The Bertz CT molecular complexity index is 964. The molecule has 5 nitrogen and oxygen atoms in total. The Balaban J connectivity index is 1.48. The van der Waals surface area contributed by atoms with E-state index in [1.807, 2.05) is 61.8 Å². The van der Waals surface area contributed by atoms with Gasteiger partial charge in [-0.05, 0) is 5.56 Å². The molecule has 0 aliphatic heterocycles. The van der Waals surface area contributed by atoms with E-state index in [0.717, 1.165) is 22.0 Å². The van der Waals surface area contributed by atoms with Gasteiger partial charge in [0.05, 0.1) is 17.6 Å². The van der Waals surface area contributed by atoms with Gasteiger partial charge in [0.25, 0.3) is 0 Å². The average Bonchev–Trinajstić information content (AvgIpc) is 3.28. The van der Waals surface area contributed by atoms with Gasteiger partial charge < -0.3 is 9.09 Å². The van der Waals surface area contributed by atoms with E-state index in [1.165, 1.54) is 0 Å². The van der Waals surface area contributed by atoms with Crippen molar-refractivity contribution in [2.24, 2.45) is 7.05 Å². The van der Waals surface area contributed by atoms with Gasteiger partial charge in [-0.15, -0.1) is 0 Å². The Hall–Kier alpha value is -2.86. The molecule has 0 amide bonds. The van der Waals surface area contributed by atoms with Crippen molar-refractivity contribution in [2.75, 3.05) is 0 Å². The van der Waals surface area contributed by atoms with Gasteiger partial charge in [-0.3, -0.25) is 0 Å². The summed E-state index contributed by atoms with van der Waals surface area (Å²) in [5.74, 6) is 1.79. The lowest BCUT2D eigenvalue weighted by atomic mass is 10.2. The van der Waals surface area contributed by atoms with E-state index in [-0.39, 0.29) is 0 Å². The van der Waals surface area contributed by atoms with E-state index in [9.17, 15) is 0 Å². The van der Waals surface area contributed by atoms with Gasteiger partial charge in [-0.2, -0.15) is 4.98 Å². The van der Waals surface area contributed by atoms with Gasteiger partial charge in [0.15, 0.2) is 5.16 Å². The Morgan fingerprint density at radius 2 is 1.64 bits per heavy atom. The maximum atomic E-state index is 5.35. The van der Waals surface area contributed by atoms with Crippen LogP contribution in [0.2, 0.25) is 0 Å². The Labute approximate surface area is 149 Å². The minimum atomic E-state index is 0.582. The van der Waals surface area contributed by atoms with E-state index < -0.39 is 0 Å². The van der Waals surface area contributed by atoms with E-state index in [2.05, 4.69) is 31.8 Å². The number of hydrogen-bond acceptors (Lipinski definition) is 5.